The van der Waals surface area contributed by atoms with Crippen LogP contribution in [0, 0.1) is 28.4 Å². The van der Waals surface area contributed by atoms with Gasteiger partial charge >= 0.3 is 0 Å². The number of hydrogen-bond donors (Lipinski definition) is 0. The predicted octanol–water partition coefficient (Wildman–Crippen LogP) is 4.76. The number of non-ortho nitro benzene ring substituents is 1. The molecule has 0 aliphatic heterocycles. The molecular formula is C20H15N3O2. The Morgan fingerprint density at radius 3 is 2.68 bits per heavy atom. The van der Waals surface area contributed by atoms with E-state index in [2.05, 4.69) is 6.07 Å². The maximum Gasteiger partial charge on any atom is 0.270 e. The van der Waals surface area contributed by atoms with Crippen molar-refractivity contribution in [3.63, 3.8) is 0 Å². The lowest BCUT2D eigenvalue weighted by Crippen LogP contribution is -1.97. The molecule has 0 N–H and O–H groups in total. The van der Waals surface area contributed by atoms with Crippen LogP contribution in [-0.4, -0.2) is 9.49 Å². The summed E-state index contributed by atoms with van der Waals surface area (Å²) in [4.78, 5) is 10.5. The summed E-state index contributed by atoms with van der Waals surface area (Å²) in [6.45, 7) is 2.02. The maximum absolute atomic E-state index is 11.0. The van der Waals surface area contributed by atoms with Crippen LogP contribution < -0.4 is 0 Å². The van der Waals surface area contributed by atoms with E-state index in [0.717, 1.165) is 16.9 Å². The summed E-state index contributed by atoms with van der Waals surface area (Å²) in [7, 11) is 0. The minimum absolute atomic E-state index is 0.0343. The lowest BCUT2D eigenvalue weighted by atomic mass is 10.1. The van der Waals surface area contributed by atoms with Gasteiger partial charge in [0, 0.05) is 29.7 Å². The highest BCUT2D eigenvalue weighted by atomic mass is 16.6. The fourth-order valence-corrected chi connectivity index (χ4v) is 2.68. The molecule has 0 fully saturated rings. The quantitative estimate of drug-likeness (QED) is 0.393. The highest BCUT2D eigenvalue weighted by Crippen LogP contribution is 2.24. The van der Waals surface area contributed by atoms with E-state index in [0.29, 0.717) is 11.1 Å². The number of nitrogens with zero attached hydrogens (tertiary/aromatic N) is 3. The zero-order valence-electron chi connectivity index (χ0n) is 13.6. The second kappa shape index (κ2) is 6.85. The van der Waals surface area contributed by atoms with Gasteiger partial charge in [-0.1, -0.05) is 30.3 Å². The van der Waals surface area contributed by atoms with Gasteiger partial charge in [0.2, 0.25) is 0 Å². The molecule has 0 saturated carbocycles. The highest BCUT2D eigenvalue weighted by molar-refractivity contribution is 5.89. The van der Waals surface area contributed by atoms with Crippen molar-refractivity contribution in [3.8, 4) is 11.8 Å². The second-order valence-electron chi connectivity index (χ2n) is 5.57. The zero-order valence-corrected chi connectivity index (χ0v) is 13.6. The van der Waals surface area contributed by atoms with Gasteiger partial charge in [0.1, 0.15) is 0 Å². The standard InChI is InChI=1S/C20H15N3O2/c1-15-6-2-3-10-20(15)22-11-5-9-18(22)13-17(14-21)16-7-4-8-19(12-16)23(24)25/h2-13H,1H3. The number of nitro benzene ring substituents is 1. The summed E-state index contributed by atoms with van der Waals surface area (Å²) in [6.07, 6.45) is 3.67. The topological polar surface area (TPSA) is 71.9 Å². The van der Waals surface area contributed by atoms with E-state index in [1.807, 2.05) is 54.1 Å². The number of rotatable bonds is 4. The zero-order chi connectivity index (χ0) is 17.8. The Morgan fingerprint density at radius 1 is 1.16 bits per heavy atom. The first kappa shape index (κ1) is 16.2. The summed E-state index contributed by atoms with van der Waals surface area (Å²) in [5, 5.41) is 20.5. The molecule has 1 aromatic heterocycles. The van der Waals surface area contributed by atoms with E-state index in [1.54, 1.807) is 18.2 Å². The van der Waals surface area contributed by atoms with Crippen LogP contribution in [0.4, 0.5) is 5.69 Å². The van der Waals surface area contributed by atoms with Gasteiger partial charge in [-0.05, 0) is 42.3 Å². The van der Waals surface area contributed by atoms with Crippen LogP contribution in [0.25, 0.3) is 17.3 Å². The smallest absolute Gasteiger partial charge is 0.270 e. The fraction of sp³-hybridized carbons (Fsp3) is 0.0500. The molecule has 25 heavy (non-hydrogen) atoms. The van der Waals surface area contributed by atoms with Gasteiger partial charge in [0.15, 0.2) is 0 Å². The van der Waals surface area contributed by atoms with Gasteiger partial charge in [-0.25, -0.2) is 0 Å². The Bertz CT molecular complexity index is 1010. The molecule has 0 atom stereocenters. The third kappa shape index (κ3) is 3.33. The molecule has 3 aromatic rings. The van der Waals surface area contributed by atoms with Gasteiger partial charge < -0.3 is 4.57 Å². The number of allylic oxidation sites excluding steroid dienone is 1. The fourth-order valence-electron chi connectivity index (χ4n) is 2.68. The third-order valence-electron chi connectivity index (χ3n) is 3.94. The summed E-state index contributed by atoms with van der Waals surface area (Å²) < 4.78 is 1.99. The number of benzene rings is 2. The molecule has 0 aliphatic carbocycles. The minimum Gasteiger partial charge on any atom is -0.317 e. The molecule has 0 bridgehead atoms. The Labute approximate surface area is 145 Å². The van der Waals surface area contributed by atoms with Crippen LogP contribution in [0.15, 0.2) is 66.9 Å². The molecule has 0 spiro atoms. The Balaban J connectivity index is 2.07. The van der Waals surface area contributed by atoms with Crippen molar-refractivity contribution in [2.45, 2.75) is 6.92 Å². The number of aromatic nitrogens is 1. The Hall–Kier alpha value is -3.65. The number of hydrogen-bond acceptors (Lipinski definition) is 3. The van der Waals surface area contributed by atoms with E-state index in [9.17, 15) is 15.4 Å². The van der Waals surface area contributed by atoms with Crippen molar-refractivity contribution < 1.29 is 4.92 Å². The van der Waals surface area contributed by atoms with Crippen LogP contribution in [0.5, 0.6) is 0 Å². The molecule has 1 heterocycles. The van der Waals surface area contributed by atoms with Crippen LogP contribution in [0.1, 0.15) is 16.8 Å². The molecule has 0 saturated heterocycles. The van der Waals surface area contributed by atoms with Crippen molar-refractivity contribution >= 4 is 17.3 Å². The van der Waals surface area contributed by atoms with Gasteiger partial charge in [-0.15, -0.1) is 0 Å². The molecule has 0 aliphatic rings. The summed E-state index contributed by atoms with van der Waals surface area (Å²) >= 11 is 0. The van der Waals surface area contributed by atoms with Gasteiger partial charge in [0.25, 0.3) is 5.69 Å². The maximum atomic E-state index is 11.0. The largest absolute Gasteiger partial charge is 0.317 e. The van der Waals surface area contributed by atoms with Crippen molar-refractivity contribution in [2.75, 3.05) is 0 Å². The van der Waals surface area contributed by atoms with Gasteiger partial charge in [-0.3, -0.25) is 10.1 Å². The van der Waals surface area contributed by atoms with E-state index < -0.39 is 4.92 Å². The minimum atomic E-state index is -0.464. The average molecular weight is 329 g/mol. The van der Waals surface area contributed by atoms with Crippen LogP contribution in [0.3, 0.4) is 0 Å². The summed E-state index contributed by atoms with van der Waals surface area (Å²) in [5.41, 5.74) is 3.83. The van der Waals surface area contributed by atoms with Gasteiger partial charge in [0.05, 0.1) is 16.6 Å². The molecule has 5 heteroatoms. The monoisotopic (exact) mass is 329 g/mol. The SMILES string of the molecule is Cc1ccccc1-n1cccc1C=C(C#N)c1cccc([N+](=O)[O-])c1. The highest BCUT2D eigenvalue weighted by Gasteiger charge is 2.10. The van der Waals surface area contributed by atoms with Gasteiger partial charge in [-0.2, -0.15) is 5.26 Å². The number of nitriles is 1. The second-order valence-corrected chi connectivity index (χ2v) is 5.57. The van der Waals surface area contributed by atoms with E-state index in [4.69, 9.17) is 0 Å². The average Bonchev–Trinajstić information content (AvgIpc) is 3.08. The molecular weight excluding hydrogens is 314 g/mol. The summed E-state index contributed by atoms with van der Waals surface area (Å²) in [5.74, 6) is 0. The normalized spacial score (nSPS) is 11.1. The lowest BCUT2D eigenvalue weighted by Gasteiger charge is -2.10. The first-order chi connectivity index (χ1) is 12.1. The van der Waals surface area contributed by atoms with E-state index in [1.165, 1.54) is 12.1 Å². The first-order valence-corrected chi connectivity index (χ1v) is 7.70. The van der Waals surface area contributed by atoms with E-state index >= 15 is 0 Å². The molecule has 5 nitrogen and oxygen atoms in total. The first-order valence-electron chi connectivity index (χ1n) is 7.70. The Kier molecular flexibility index (Phi) is 4.44. The summed E-state index contributed by atoms with van der Waals surface area (Å²) in [6, 6.07) is 20.0. The van der Waals surface area contributed by atoms with Crippen molar-refractivity contribution in [1.29, 1.82) is 5.26 Å². The third-order valence-corrected chi connectivity index (χ3v) is 3.94. The predicted molar refractivity (Wildman–Crippen MR) is 97.1 cm³/mol. The van der Waals surface area contributed by atoms with Crippen molar-refractivity contribution in [3.05, 3.63) is 93.8 Å². The molecule has 122 valence electrons. The lowest BCUT2D eigenvalue weighted by molar-refractivity contribution is -0.384. The number of nitro groups is 1. The van der Waals surface area contributed by atoms with Crippen LogP contribution in [-0.2, 0) is 0 Å². The Morgan fingerprint density at radius 2 is 1.96 bits per heavy atom. The van der Waals surface area contributed by atoms with Crippen LogP contribution >= 0.6 is 0 Å². The molecule has 0 amide bonds. The van der Waals surface area contributed by atoms with Crippen molar-refractivity contribution in [2.24, 2.45) is 0 Å². The van der Waals surface area contributed by atoms with E-state index in [-0.39, 0.29) is 5.69 Å². The van der Waals surface area contributed by atoms with Crippen LogP contribution in [0.2, 0.25) is 0 Å². The molecule has 0 unspecified atom stereocenters. The molecule has 0 radical (unpaired) electrons. The van der Waals surface area contributed by atoms with Crippen molar-refractivity contribution in [1.82, 2.24) is 4.57 Å². The molecule has 2 aromatic carbocycles. The molecule has 3 rings (SSSR count). The number of aryl methyl sites for hydroxylation is 1. The number of para-hydroxylation sites is 1.